The number of ether oxygens (including phenoxy) is 1. The van der Waals surface area contributed by atoms with Gasteiger partial charge in [0.1, 0.15) is 17.1 Å². The number of fused-ring (bicyclic) bond motifs is 3. The van der Waals surface area contributed by atoms with Crippen LogP contribution >= 0.6 is 0 Å². The number of anilines is 1. The molecule has 30 heavy (non-hydrogen) atoms. The number of halogens is 1. The fourth-order valence-electron chi connectivity index (χ4n) is 3.06. The van der Waals surface area contributed by atoms with Crippen LogP contribution in [0.3, 0.4) is 0 Å². The van der Waals surface area contributed by atoms with Gasteiger partial charge >= 0.3 is 0 Å². The molecular formula is C18H18FN7O3S. The number of nitrogen functional groups attached to an aromatic ring is 1. The Labute approximate surface area is 170 Å². The first kappa shape index (κ1) is 19.9. The van der Waals surface area contributed by atoms with Crippen LogP contribution in [0.25, 0.3) is 16.6 Å². The predicted octanol–water partition coefficient (Wildman–Crippen LogP) is 0.945. The van der Waals surface area contributed by atoms with Crippen LogP contribution in [-0.4, -0.2) is 35.1 Å². The molecule has 2 heterocycles. The Hall–Kier alpha value is -3.35. The maximum absolute atomic E-state index is 14.0. The van der Waals surface area contributed by atoms with E-state index in [9.17, 15) is 12.8 Å². The molecule has 4 rings (SSSR count). The number of nitrogens with zero attached hydrogens (tertiary/aromatic N) is 4. The molecule has 12 heteroatoms. The van der Waals surface area contributed by atoms with E-state index in [2.05, 4.69) is 20.4 Å². The SMILES string of the molecule is COc1cc(F)cc2c1nc(N)n1nc(CNCc3ccc(S(N)(=O)=O)cc3)nc21. The molecule has 0 radical (unpaired) electrons. The molecule has 0 bridgehead atoms. The maximum Gasteiger partial charge on any atom is 0.238 e. The molecule has 5 N–H and O–H groups in total. The first-order valence-electron chi connectivity index (χ1n) is 8.77. The van der Waals surface area contributed by atoms with Gasteiger partial charge in [0.25, 0.3) is 0 Å². The van der Waals surface area contributed by atoms with Gasteiger partial charge in [-0.05, 0) is 23.8 Å². The third-order valence-corrected chi connectivity index (χ3v) is 5.39. The van der Waals surface area contributed by atoms with Crippen molar-refractivity contribution in [1.82, 2.24) is 24.9 Å². The van der Waals surface area contributed by atoms with E-state index in [1.807, 2.05) is 0 Å². The number of nitrogens with one attached hydrogen (secondary N) is 1. The lowest BCUT2D eigenvalue weighted by atomic mass is 10.2. The van der Waals surface area contributed by atoms with E-state index >= 15 is 0 Å². The molecular weight excluding hydrogens is 413 g/mol. The number of sulfonamides is 1. The molecule has 10 nitrogen and oxygen atoms in total. The number of benzene rings is 2. The van der Waals surface area contributed by atoms with Crippen LogP contribution in [0.5, 0.6) is 5.75 Å². The smallest absolute Gasteiger partial charge is 0.238 e. The highest BCUT2D eigenvalue weighted by molar-refractivity contribution is 7.89. The lowest BCUT2D eigenvalue weighted by Gasteiger charge is -2.07. The summed E-state index contributed by atoms with van der Waals surface area (Å²) in [7, 11) is -2.30. The van der Waals surface area contributed by atoms with E-state index in [1.165, 1.54) is 35.9 Å². The van der Waals surface area contributed by atoms with Gasteiger partial charge in [-0.2, -0.15) is 4.52 Å². The second-order valence-electron chi connectivity index (χ2n) is 6.53. The Balaban J connectivity index is 1.57. The van der Waals surface area contributed by atoms with E-state index in [4.69, 9.17) is 15.6 Å². The minimum atomic E-state index is -3.72. The fourth-order valence-corrected chi connectivity index (χ4v) is 3.57. The summed E-state index contributed by atoms with van der Waals surface area (Å²) in [5, 5.41) is 13.0. The van der Waals surface area contributed by atoms with Gasteiger partial charge in [0.15, 0.2) is 11.5 Å². The van der Waals surface area contributed by atoms with Crippen LogP contribution in [0.1, 0.15) is 11.4 Å². The van der Waals surface area contributed by atoms with Crippen molar-refractivity contribution in [2.24, 2.45) is 5.14 Å². The quantitative estimate of drug-likeness (QED) is 0.408. The minimum Gasteiger partial charge on any atom is -0.494 e. The Bertz CT molecular complexity index is 1350. The van der Waals surface area contributed by atoms with Crippen LogP contribution in [0.4, 0.5) is 10.3 Å². The van der Waals surface area contributed by atoms with Crippen molar-refractivity contribution in [3.8, 4) is 5.75 Å². The first-order chi connectivity index (χ1) is 14.3. The van der Waals surface area contributed by atoms with Gasteiger partial charge in [0, 0.05) is 12.6 Å². The van der Waals surface area contributed by atoms with E-state index < -0.39 is 15.8 Å². The molecule has 0 fully saturated rings. The lowest BCUT2D eigenvalue weighted by Crippen LogP contribution is -2.15. The third kappa shape index (κ3) is 3.75. The third-order valence-electron chi connectivity index (χ3n) is 4.46. The number of hydrogen-bond donors (Lipinski definition) is 3. The number of methoxy groups -OCH3 is 1. The van der Waals surface area contributed by atoms with Crippen molar-refractivity contribution in [3.63, 3.8) is 0 Å². The summed E-state index contributed by atoms with van der Waals surface area (Å²) < 4.78 is 43.1. The van der Waals surface area contributed by atoms with Crippen molar-refractivity contribution >= 4 is 32.5 Å². The van der Waals surface area contributed by atoms with Crippen LogP contribution in [0, 0.1) is 5.82 Å². The van der Waals surface area contributed by atoms with Crippen LogP contribution in [0.2, 0.25) is 0 Å². The molecule has 0 amide bonds. The zero-order chi connectivity index (χ0) is 21.5. The largest absolute Gasteiger partial charge is 0.494 e. The van der Waals surface area contributed by atoms with Gasteiger partial charge in [-0.25, -0.2) is 27.9 Å². The first-order valence-corrected chi connectivity index (χ1v) is 10.3. The fraction of sp³-hybridized carbons (Fsp3) is 0.167. The van der Waals surface area contributed by atoms with E-state index in [1.54, 1.807) is 12.1 Å². The highest BCUT2D eigenvalue weighted by Crippen LogP contribution is 2.29. The van der Waals surface area contributed by atoms with Crippen LogP contribution in [-0.2, 0) is 23.1 Å². The average Bonchev–Trinajstić information content (AvgIpc) is 3.13. The van der Waals surface area contributed by atoms with Gasteiger partial charge in [-0.1, -0.05) is 12.1 Å². The summed E-state index contributed by atoms with van der Waals surface area (Å²) in [5.41, 5.74) is 7.60. The standard InChI is InChI=1S/C18H18FN7O3S/c1-29-14-7-11(19)6-13-16(14)24-18(20)26-17(13)23-15(25-26)9-22-8-10-2-4-12(5-3-10)30(21,27)28/h2-7,22H,8-9H2,1H3,(H2,20,24)(H2,21,27,28). The number of hydrogen-bond acceptors (Lipinski definition) is 8. The Kier molecular flexibility index (Phi) is 4.97. The van der Waals surface area contributed by atoms with Crippen molar-refractivity contribution in [2.75, 3.05) is 12.8 Å². The number of nitrogens with two attached hydrogens (primary N) is 2. The predicted molar refractivity (Wildman–Crippen MR) is 108 cm³/mol. The average molecular weight is 431 g/mol. The highest BCUT2D eigenvalue weighted by Gasteiger charge is 2.16. The van der Waals surface area contributed by atoms with E-state index in [0.717, 1.165) is 5.56 Å². The molecule has 4 aromatic rings. The van der Waals surface area contributed by atoms with E-state index in [-0.39, 0.29) is 16.6 Å². The Morgan fingerprint density at radius 3 is 2.57 bits per heavy atom. The topological polar surface area (TPSA) is 151 Å². The van der Waals surface area contributed by atoms with Crippen LogP contribution < -0.4 is 20.9 Å². The van der Waals surface area contributed by atoms with Gasteiger partial charge in [0.05, 0.1) is 23.9 Å². The van der Waals surface area contributed by atoms with Crippen molar-refractivity contribution < 1.29 is 17.5 Å². The summed E-state index contributed by atoms with van der Waals surface area (Å²) in [6.45, 7) is 0.739. The maximum atomic E-state index is 14.0. The number of aromatic nitrogens is 4. The van der Waals surface area contributed by atoms with E-state index in [0.29, 0.717) is 35.5 Å². The summed E-state index contributed by atoms with van der Waals surface area (Å²) in [5.74, 6) is 0.295. The summed E-state index contributed by atoms with van der Waals surface area (Å²) in [6.07, 6.45) is 0. The van der Waals surface area contributed by atoms with Gasteiger partial charge in [-0.3, -0.25) is 0 Å². The van der Waals surface area contributed by atoms with Crippen molar-refractivity contribution in [1.29, 1.82) is 0 Å². The monoisotopic (exact) mass is 431 g/mol. The molecule has 2 aromatic carbocycles. The molecule has 0 aliphatic heterocycles. The number of rotatable bonds is 6. The van der Waals surface area contributed by atoms with Crippen molar-refractivity contribution in [3.05, 3.63) is 53.6 Å². The molecule has 0 saturated carbocycles. The van der Waals surface area contributed by atoms with Crippen molar-refractivity contribution in [2.45, 2.75) is 18.0 Å². The minimum absolute atomic E-state index is 0.0470. The second kappa shape index (κ2) is 7.48. The molecule has 0 spiro atoms. The van der Waals surface area contributed by atoms with Crippen LogP contribution in [0.15, 0.2) is 41.3 Å². The lowest BCUT2D eigenvalue weighted by molar-refractivity contribution is 0.415. The zero-order valence-corrected chi connectivity index (χ0v) is 16.6. The van der Waals surface area contributed by atoms with Gasteiger partial charge in [0.2, 0.25) is 16.0 Å². The normalized spacial score (nSPS) is 12.0. The molecule has 156 valence electrons. The number of primary sulfonamides is 1. The highest BCUT2D eigenvalue weighted by atomic mass is 32.2. The molecule has 0 aliphatic rings. The summed E-state index contributed by atoms with van der Waals surface area (Å²) >= 11 is 0. The van der Waals surface area contributed by atoms with Gasteiger partial charge in [-0.15, -0.1) is 5.10 Å². The second-order valence-corrected chi connectivity index (χ2v) is 8.09. The molecule has 0 aliphatic carbocycles. The molecule has 2 aromatic heterocycles. The molecule has 0 unspecified atom stereocenters. The Morgan fingerprint density at radius 1 is 1.17 bits per heavy atom. The van der Waals surface area contributed by atoms with Gasteiger partial charge < -0.3 is 15.8 Å². The zero-order valence-electron chi connectivity index (χ0n) is 15.8. The summed E-state index contributed by atoms with van der Waals surface area (Å²) in [4.78, 5) is 8.75. The molecule has 0 atom stereocenters. The summed E-state index contributed by atoms with van der Waals surface area (Å²) in [6, 6.07) is 8.73. The Morgan fingerprint density at radius 2 is 1.90 bits per heavy atom. The molecule has 0 saturated heterocycles.